The Morgan fingerprint density at radius 1 is 0.828 bits per heavy atom. The standard InChI is InChI=1S/C25H33NO2.ClH/c1-3-5-18-26(19-6-4-2)20-12-17-25(21-13-8-7-9-14-21)22-15-10-11-16-23(22)28-24(25)27;/h7-11,13-16H,3-6,12,17-20H2,1-2H3;1H. The van der Waals surface area contributed by atoms with Gasteiger partial charge >= 0.3 is 5.97 Å². The zero-order valence-electron chi connectivity index (χ0n) is 17.7. The van der Waals surface area contributed by atoms with Crippen molar-refractivity contribution >= 4 is 18.4 Å². The highest BCUT2D eigenvalue weighted by Crippen LogP contribution is 2.47. The van der Waals surface area contributed by atoms with Gasteiger partial charge in [-0.15, -0.1) is 12.4 Å². The van der Waals surface area contributed by atoms with Gasteiger partial charge in [0.05, 0.1) is 0 Å². The highest BCUT2D eigenvalue weighted by Gasteiger charge is 2.49. The molecular formula is C25H34ClNO2. The van der Waals surface area contributed by atoms with E-state index in [1.807, 2.05) is 36.4 Å². The monoisotopic (exact) mass is 415 g/mol. The van der Waals surface area contributed by atoms with E-state index in [0.29, 0.717) is 5.75 Å². The number of rotatable bonds is 11. The molecule has 1 heterocycles. The Balaban J connectivity index is 0.00000300. The molecule has 2 aromatic carbocycles. The third-order valence-corrected chi connectivity index (χ3v) is 5.85. The fourth-order valence-electron chi connectivity index (χ4n) is 4.25. The van der Waals surface area contributed by atoms with Gasteiger partial charge in [0, 0.05) is 5.56 Å². The fourth-order valence-corrected chi connectivity index (χ4v) is 4.25. The molecular weight excluding hydrogens is 382 g/mol. The molecule has 158 valence electrons. The number of carbonyl (C=O) groups is 1. The van der Waals surface area contributed by atoms with Crippen LogP contribution >= 0.6 is 12.4 Å². The summed E-state index contributed by atoms with van der Waals surface area (Å²) in [6.07, 6.45) is 6.66. The summed E-state index contributed by atoms with van der Waals surface area (Å²) < 4.78 is 5.71. The Bertz CT molecular complexity index is 756. The van der Waals surface area contributed by atoms with Gasteiger partial charge < -0.3 is 9.64 Å². The van der Waals surface area contributed by atoms with E-state index < -0.39 is 5.41 Å². The molecule has 1 aliphatic rings. The summed E-state index contributed by atoms with van der Waals surface area (Å²) in [5.74, 6) is 0.582. The topological polar surface area (TPSA) is 29.5 Å². The Kier molecular flexibility index (Phi) is 9.19. The lowest BCUT2D eigenvalue weighted by molar-refractivity contribution is -0.137. The third-order valence-electron chi connectivity index (χ3n) is 5.85. The number of halogens is 1. The summed E-state index contributed by atoms with van der Waals surface area (Å²) >= 11 is 0. The van der Waals surface area contributed by atoms with Crippen molar-refractivity contribution in [1.82, 2.24) is 4.90 Å². The molecule has 2 aromatic rings. The molecule has 4 heteroatoms. The maximum Gasteiger partial charge on any atom is 0.326 e. The van der Waals surface area contributed by atoms with Crippen molar-refractivity contribution < 1.29 is 9.53 Å². The lowest BCUT2D eigenvalue weighted by Crippen LogP contribution is -2.36. The molecule has 0 aromatic heterocycles. The molecule has 3 nitrogen and oxygen atoms in total. The summed E-state index contributed by atoms with van der Waals surface area (Å²) in [6.45, 7) is 7.82. The summed E-state index contributed by atoms with van der Waals surface area (Å²) in [6, 6.07) is 18.1. The normalized spacial score (nSPS) is 17.7. The van der Waals surface area contributed by atoms with E-state index in [1.54, 1.807) is 0 Å². The van der Waals surface area contributed by atoms with Crippen molar-refractivity contribution in [3.05, 3.63) is 65.7 Å². The minimum atomic E-state index is -0.682. The quantitative estimate of drug-likeness (QED) is 0.333. The van der Waals surface area contributed by atoms with Crippen LogP contribution in [0.2, 0.25) is 0 Å². The fraction of sp³-hybridized carbons (Fsp3) is 0.480. The Morgan fingerprint density at radius 2 is 1.41 bits per heavy atom. The molecule has 0 amide bonds. The van der Waals surface area contributed by atoms with Crippen LogP contribution in [0.3, 0.4) is 0 Å². The lowest BCUT2D eigenvalue weighted by atomic mass is 9.72. The van der Waals surface area contributed by atoms with E-state index in [-0.39, 0.29) is 18.4 Å². The largest absolute Gasteiger partial charge is 0.425 e. The number of hydrogen-bond donors (Lipinski definition) is 0. The van der Waals surface area contributed by atoms with Crippen LogP contribution < -0.4 is 4.74 Å². The van der Waals surface area contributed by atoms with Crippen molar-refractivity contribution in [2.45, 2.75) is 57.8 Å². The molecule has 0 N–H and O–H groups in total. The van der Waals surface area contributed by atoms with Crippen molar-refractivity contribution in [3.63, 3.8) is 0 Å². The predicted octanol–water partition coefficient (Wildman–Crippen LogP) is 6.00. The van der Waals surface area contributed by atoms with Crippen molar-refractivity contribution in [1.29, 1.82) is 0 Å². The van der Waals surface area contributed by atoms with Crippen LogP contribution in [-0.4, -0.2) is 30.5 Å². The maximum absolute atomic E-state index is 13.1. The van der Waals surface area contributed by atoms with E-state index in [1.165, 1.54) is 25.7 Å². The molecule has 0 radical (unpaired) electrons. The summed E-state index contributed by atoms with van der Waals surface area (Å²) in [4.78, 5) is 15.7. The van der Waals surface area contributed by atoms with E-state index >= 15 is 0 Å². The number of esters is 1. The van der Waals surface area contributed by atoms with Gasteiger partial charge in [0.2, 0.25) is 0 Å². The maximum atomic E-state index is 13.1. The average Bonchev–Trinajstić information content (AvgIpc) is 3.02. The van der Waals surface area contributed by atoms with Gasteiger partial charge in [-0.3, -0.25) is 4.79 Å². The first-order valence-electron chi connectivity index (χ1n) is 10.8. The zero-order valence-corrected chi connectivity index (χ0v) is 18.5. The molecule has 29 heavy (non-hydrogen) atoms. The van der Waals surface area contributed by atoms with Gasteiger partial charge in [0.25, 0.3) is 0 Å². The molecule has 1 aliphatic heterocycles. The molecule has 0 saturated heterocycles. The molecule has 1 unspecified atom stereocenters. The van der Waals surface area contributed by atoms with Crippen LogP contribution in [0.1, 0.15) is 63.5 Å². The van der Waals surface area contributed by atoms with E-state index in [2.05, 4.69) is 36.9 Å². The van der Waals surface area contributed by atoms with Gasteiger partial charge in [-0.2, -0.15) is 0 Å². The molecule has 0 spiro atoms. The second-order valence-electron chi connectivity index (χ2n) is 7.81. The first-order valence-corrected chi connectivity index (χ1v) is 10.8. The van der Waals surface area contributed by atoms with Crippen molar-refractivity contribution in [2.24, 2.45) is 0 Å². The molecule has 3 rings (SSSR count). The lowest BCUT2D eigenvalue weighted by Gasteiger charge is -2.29. The van der Waals surface area contributed by atoms with Crippen LogP contribution in [0.25, 0.3) is 0 Å². The predicted molar refractivity (Wildman–Crippen MR) is 122 cm³/mol. The van der Waals surface area contributed by atoms with Crippen LogP contribution in [0.15, 0.2) is 54.6 Å². The molecule has 0 bridgehead atoms. The van der Waals surface area contributed by atoms with Gasteiger partial charge in [-0.05, 0) is 56.9 Å². The molecule has 0 saturated carbocycles. The molecule has 0 fully saturated rings. The highest BCUT2D eigenvalue weighted by molar-refractivity contribution is 5.94. The van der Waals surface area contributed by atoms with Crippen LogP contribution in [-0.2, 0) is 10.2 Å². The van der Waals surface area contributed by atoms with Gasteiger partial charge in [-0.25, -0.2) is 0 Å². The molecule has 0 aliphatic carbocycles. The van der Waals surface area contributed by atoms with Crippen LogP contribution in [0, 0.1) is 0 Å². The summed E-state index contributed by atoms with van der Waals surface area (Å²) in [5.41, 5.74) is 1.37. The Hall–Kier alpha value is -1.84. The third kappa shape index (κ3) is 5.21. The van der Waals surface area contributed by atoms with E-state index in [0.717, 1.165) is 43.6 Å². The van der Waals surface area contributed by atoms with Gasteiger partial charge in [0.1, 0.15) is 11.2 Å². The van der Waals surface area contributed by atoms with Crippen molar-refractivity contribution in [2.75, 3.05) is 19.6 Å². The zero-order chi connectivity index (χ0) is 19.8. The number of ether oxygens (including phenoxy) is 1. The Labute approximate surface area is 181 Å². The number of unbranched alkanes of at least 4 members (excludes halogenated alkanes) is 2. The SMILES string of the molecule is CCCCN(CCCC)CCCC1(c2ccccc2)C(=O)Oc2ccccc21.Cl. The first-order chi connectivity index (χ1) is 13.7. The first kappa shape index (κ1) is 23.4. The summed E-state index contributed by atoms with van der Waals surface area (Å²) in [5, 5.41) is 0. The minimum absolute atomic E-state index is 0. The van der Waals surface area contributed by atoms with Crippen molar-refractivity contribution in [3.8, 4) is 5.75 Å². The van der Waals surface area contributed by atoms with Gasteiger partial charge in [-0.1, -0.05) is 75.2 Å². The number of benzene rings is 2. The Morgan fingerprint density at radius 3 is 2.07 bits per heavy atom. The van der Waals surface area contributed by atoms with E-state index in [4.69, 9.17) is 4.74 Å². The molecule has 1 atom stereocenters. The van der Waals surface area contributed by atoms with Crippen LogP contribution in [0.5, 0.6) is 5.75 Å². The number of hydrogen-bond acceptors (Lipinski definition) is 3. The average molecular weight is 416 g/mol. The highest BCUT2D eigenvalue weighted by atomic mass is 35.5. The second kappa shape index (κ2) is 11.4. The van der Waals surface area contributed by atoms with E-state index in [9.17, 15) is 4.79 Å². The number of carbonyl (C=O) groups excluding carboxylic acids is 1. The van der Waals surface area contributed by atoms with Gasteiger partial charge in [0.15, 0.2) is 0 Å². The summed E-state index contributed by atoms with van der Waals surface area (Å²) in [7, 11) is 0. The number of para-hydroxylation sites is 1. The minimum Gasteiger partial charge on any atom is -0.425 e. The second-order valence-corrected chi connectivity index (χ2v) is 7.81. The number of fused-ring (bicyclic) bond motifs is 1. The smallest absolute Gasteiger partial charge is 0.326 e. The number of nitrogens with zero attached hydrogens (tertiary/aromatic N) is 1. The van der Waals surface area contributed by atoms with Crippen LogP contribution in [0.4, 0.5) is 0 Å².